The zero-order chi connectivity index (χ0) is 34.5. The Morgan fingerprint density at radius 3 is 2.30 bits per heavy atom. The van der Waals surface area contributed by atoms with Crippen molar-refractivity contribution in [3.63, 3.8) is 0 Å². The number of imide groups is 1. The van der Waals surface area contributed by atoms with E-state index in [1.807, 2.05) is 72.8 Å². The van der Waals surface area contributed by atoms with Gasteiger partial charge in [0, 0.05) is 69.5 Å². The van der Waals surface area contributed by atoms with Crippen molar-refractivity contribution < 1.29 is 19.1 Å². The largest absolute Gasteiger partial charge is 0.457 e. The van der Waals surface area contributed by atoms with Crippen LogP contribution in [0.5, 0.6) is 11.5 Å². The van der Waals surface area contributed by atoms with E-state index in [0.29, 0.717) is 35.9 Å². The summed E-state index contributed by atoms with van der Waals surface area (Å²) < 4.78 is 5.94. The van der Waals surface area contributed by atoms with Crippen LogP contribution in [0.25, 0.3) is 11.3 Å². The van der Waals surface area contributed by atoms with Gasteiger partial charge in [0.25, 0.3) is 5.91 Å². The number of nitrogens with zero attached hydrogens (tertiary/aromatic N) is 4. The number of piperidine rings is 2. The van der Waals surface area contributed by atoms with E-state index >= 15 is 0 Å². The second-order valence-corrected chi connectivity index (χ2v) is 13.2. The molecule has 3 amide bonds. The lowest BCUT2D eigenvalue weighted by Gasteiger charge is -2.43. The van der Waals surface area contributed by atoms with E-state index in [0.717, 1.165) is 81.5 Å². The molecule has 3 aromatic carbocycles. The molecule has 11 heteroatoms. The number of rotatable bonds is 10. The summed E-state index contributed by atoms with van der Waals surface area (Å²) in [6, 6.07) is 29.3. The minimum Gasteiger partial charge on any atom is -0.457 e. The van der Waals surface area contributed by atoms with Gasteiger partial charge in [0.2, 0.25) is 11.8 Å². The summed E-state index contributed by atoms with van der Waals surface area (Å²) >= 11 is 0. The minimum atomic E-state index is -0.502. The lowest BCUT2D eigenvalue weighted by Crippen LogP contribution is -2.53. The molecule has 1 unspecified atom stereocenters. The molecule has 11 nitrogen and oxygen atoms in total. The van der Waals surface area contributed by atoms with Crippen LogP contribution in [-0.4, -0.2) is 83.9 Å². The molecule has 258 valence electrons. The summed E-state index contributed by atoms with van der Waals surface area (Å²) in [6.45, 7) is 6.69. The van der Waals surface area contributed by atoms with E-state index in [2.05, 4.69) is 37.5 Å². The van der Waals surface area contributed by atoms with E-state index in [1.165, 1.54) is 5.56 Å². The fourth-order valence-electron chi connectivity index (χ4n) is 7.15. The van der Waals surface area contributed by atoms with Gasteiger partial charge in [0.1, 0.15) is 23.4 Å². The molecule has 3 aliphatic heterocycles. The fourth-order valence-corrected chi connectivity index (χ4v) is 7.15. The molecular weight excluding hydrogens is 630 g/mol. The van der Waals surface area contributed by atoms with Crippen molar-refractivity contribution in [2.45, 2.75) is 44.3 Å². The number of nitrogens with one attached hydrogen (secondary N) is 2. The topological polar surface area (TPSA) is 133 Å². The highest BCUT2D eigenvalue weighted by Crippen LogP contribution is 2.30. The average molecular weight is 674 g/mol. The first-order valence-corrected chi connectivity index (χ1v) is 17.4. The number of nitrogens with two attached hydrogens (primary N) is 1. The fraction of sp³-hybridized carbons (Fsp3) is 0.333. The molecule has 0 aliphatic carbocycles. The number of ether oxygens (including phenoxy) is 1. The molecule has 0 radical (unpaired) electrons. The van der Waals surface area contributed by atoms with E-state index in [-0.39, 0.29) is 17.9 Å². The number of hydrogen-bond donors (Lipinski definition) is 3. The Hall–Kier alpha value is -5.26. The van der Waals surface area contributed by atoms with E-state index in [1.54, 1.807) is 6.07 Å². The minimum absolute atomic E-state index is 0.206. The van der Waals surface area contributed by atoms with Crippen LogP contribution in [0.2, 0.25) is 0 Å². The molecule has 4 aromatic rings. The summed E-state index contributed by atoms with van der Waals surface area (Å²) in [5.74, 6) is 1.35. The number of amides is 3. The van der Waals surface area contributed by atoms with E-state index in [4.69, 9.17) is 15.5 Å². The first kappa shape index (κ1) is 33.2. The highest BCUT2D eigenvalue weighted by atomic mass is 16.5. The van der Waals surface area contributed by atoms with Crippen molar-refractivity contribution in [2.24, 2.45) is 5.73 Å². The average Bonchev–Trinajstić information content (AvgIpc) is 3.14. The van der Waals surface area contributed by atoms with Crippen molar-refractivity contribution in [3.8, 4) is 22.8 Å². The summed E-state index contributed by atoms with van der Waals surface area (Å²) in [7, 11) is 0. The second-order valence-electron chi connectivity index (χ2n) is 13.2. The Labute approximate surface area is 292 Å². The molecule has 4 heterocycles. The number of piperazine rings is 1. The Morgan fingerprint density at radius 1 is 0.840 bits per heavy atom. The van der Waals surface area contributed by atoms with Crippen LogP contribution < -0.4 is 26.0 Å². The molecule has 3 aliphatic rings. The Morgan fingerprint density at radius 2 is 1.58 bits per heavy atom. The van der Waals surface area contributed by atoms with Crippen molar-refractivity contribution in [2.75, 3.05) is 49.5 Å². The molecule has 3 fully saturated rings. The van der Waals surface area contributed by atoms with Crippen molar-refractivity contribution in [1.82, 2.24) is 20.1 Å². The molecule has 0 spiro atoms. The number of benzene rings is 3. The molecule has 50 heavy (non-hydrogen) atoms. The summed E-state index contributed by atoms with van der Waals surface area (Å²) in [5.41, 5.74) is 9.66. The van der Waals surface area contributed by atoms with Gasteiger partial charge >= 0.3 is 0 Å². The lowest BCUT2D eigenvalue weighted by molar-refractivity contribution is -0.133. The zero-order valence-electron chi connectivity index (χ0n) is 28.1. The maximum atomic E-state index is 12.4. The molecule has 4 N–H and O–H groups in total. The third kappa shape index (κ3) is 7.96. The van der Waals surface area contributed by atoms with Gasteiger partial charge in [-0.25, -0.2) is 4.98 Å². The van der Waals surface area contributed by atoms with E-state index < -0.39 is 5.91 Å². The van der Waals surface area contributed by atoms with Crippen LogP contribution in [0.1, 0.15) is 41.6 Å². The second kappa shape index (κ2) is 15.1. The van der Waals surface area contributed by atoms with Gasteiger partial charge in [0.15, 0.2) is 0 Å². The van der Waals surface area contributed by atoms with Crippen LogP contribution in [0.3, 0.4) is 0 Å². The van der Waals surface area contributed by atoms with Gasteiger partial charge in [-0.3, -0.25) is 29.5 Å². The van der Waals surface area contributed by atoms with Gasteiger partial charge in [-0.05, 0) is 85.5 Å². The van der Waals surface area contributed by atoms with Crippen LogP contribution in [0, 0.1) is 0 Å². The molecular formula is C39H43N7O4. The predicted octanol–water partition coefficient (Wildman–Crippen LogP) is 4.64. The first-order chi connectivity index (χ1) is 24.4. The smallest absolute Gasteiger partial charge is 0.250 e. The summed E-state index contributed by atoms with van der Waals surface area (Å²) in [5, 5.41) is 5.71. The highest BCUT2D eigenvalue weighted by molar-refractivity contribution is 6.01. The monoisotopic (exact) mass is 673 g/mol. The number of para-hydroxylation sites is 1. The van der Waals surface area contributed by atoms with Gasteiger partial charge < -0.3 is 20.7 Å². The number of hydrogen-bond acceptors (Lipinski definition) is 9. The van der Waals surface area contributed by atoms with Crippen molar-refractivity contribution in [1.29, 1.82) is 0 Å². The maximum Gasteiger partial charge on any atom is 0.250 e. The number of aromatic nitrogens is 1. The number of pyridine rings is 1. The van der Waals surface area contributed by atoms with Gasteiger partial charge in [-0.15, -0.1) is 0 Å². The van der Waals surface area contributed by atoms with Gasteiger partial charge in [-0.2, -0.15) is 0 Å². The standard InChI is InChI=1S/C39H43N7O4/c40-38(48)33-13-15-35(42-37(33)28-9-11-32(12-10-28)50-31-7-2-1-3-8-31)46-19-17-30(18-20-46)45-23-21-44(22-24-45)26-27-5-4-6-29(25-27)41-34-14-16-36(47)43-39(34)49/h1-13,15,25,30,34,41H,14,16-24,26H2,(H2,40,48)(H,43,47,49). The molecule has 7 rings (SSSR count). The summed E-state index contributed by atoms with van der Waals surface area (Å²) in [6.07, 6.45) is 2.97. The number of anilines is 2. The number of primary amides is 1. The van der Waals surface area contributed by atoms with Crippen LogP contribution >= 0.6 is 0 Å². The Balaban J connectivity index is 0.914. The zero-order valence-corrected chi connectivity index (χ0v) is 28.1. The number of carbonyl (C=O) groups is 3. The lowest BCUT2D eigenvalue weighted by atomic mass is 10.0. The van der Waals surface area contributed by atoms with Crippen LogP contribution in [0.15, 0.2) is 91.0 Å². The molecule has 0 saturated carbocycles. The Bertz CT molecular complexity index is 1820. The third-order valence-electron chi connectivity index (χ3n) is 9.88. The maximum absolute atomic E-state index is 12.4. The Kier molecular flexibility index (Phi) is 10.0. The van der Waals surface area contributed by atoms with Crippen molar-refractivity contribution >= 4 is 29.2 Å². The highest BCUT2D eigenvalue weighted by Gasteiger charge is 2.29. The first-order valence-electron chi connectivity index (χ1n) is 17.4. The predicted molar refractivity (Wildman–Crippen MR) is 193 cm³/mol. The van der Waals surface area contributed by atoms with Crippen LogP contribution in [-0.2, 0) is 16.1 Å². The van der Waals surface area contributed by atoms with Crippen LogP contribution in [0.4, 0.5) is 11.5 Å². The van der Waals surface area contributed by atoms with E-state index in [9.17, 15) is 14.4 Å². The SMILES string of the molecule is NC(=O)c1ccc(N2CCC(N3CCN(Cc4cccc(NC5CCC(=O)NC5=O)c4)CC3)CC2)nc1-c1ccc(Oc2ccccc2)cc1. The van der Waals surface area contributed by atoms with Gasteiger partial charge in [0.05, 0.1) is 11.3 Å². The quantitative estimate of drug-likeness (QED) is 0.206. The number of carbonyl (C=O) groups excluding carboxylic acids is 3. The van der Waals surface area contributed by atoms with Gasteiger partial charge in [-0.1, -0.05) is 30.3 Å². The van der Waals surface area contributed by atoms with Crippen molar-refractivity contribution in [3.05, 3.63) is 102 Å². The molecule has 1 aromatic heterocycles. The normalized spacial score (nSPS) is 19.2. The molecule has 0 bridgehead atoms. The molecule has 3 saturated heterocycles. The molecule has 1 atom stereocenters. The third-order valence-corrected chi connectivity index (χ3v) is 9.88. The summed E-state index contributed by atoms with van der Waals surface area (Å²) in [4.78, 5) is 48.4.